The largest absolute Gasteiger partial charge is 0.390 e. The number of aromatic nitrogens is 4. The Hall–Kier alpha value is -2.87. The minimum absolute atomic E-state index is 0.145. The van der Waals surface area contributed by atoms with Crippen LogP contribution in [-0.2, 0) is 0 Å². The molecule has 1 aromatic rings. The van der Waals surface area contributed by atoms with E-state index in [-0.39, 0.29) is 12.2 Å². The van der Waals surface area contributed by atoms with Gasteiger partial charge in [-0.3, -0.25) is 4.90 Å². The number of fused-ring (bicyclic) bond motifs is 1. The standard InChI is InChI=1S/C17H21N7O/c1-11(23-9-5-6-10-23)25-24-14(18)13-16(22-17(24)19)21-15(20-13)12-7-3-2-4-8-12/h2-4,7-8,11H,5-6,9-10,18H2,1H3,(H2,19,20,21,22). The molecule has 0 bridgehead atoms. The number of benzene rings is 1. The maximum absolute atomic E-state index is 6.26. The number of hydrogen-bond donors (Lipinski definition) is 2. The van der Waals surface area contributed by atoms with Gasteiger partial charge in [-0.15, -0.1) is 4.73 Å². The molecule has 25 heavy (non-hydrogen) atoms. The van der Waals surface area contributed by atoms with Gasteiger partial charge in [0.15, 0.2) is 29.4 Å². The Balaban J connectivity index is 1.70. The molecule has 3 aliphatic rings. The van der Waals surface area contributed by atoms with Crippen LogP contribution in [0.1, 0.15) is 19.8 Å². The highest BCUT2D eigenvalue weighted by Crippen LogP contribution is 2.29. The molecule has 1 aromatic carbocycles. The topological polar surface area (TPSA) is 108 Å². The lowest BCUT2D eigenvalue weighted by molar-refractivity contribution is -0.0406. The van der Waals surface area contributed by atoms with Crippen molar-refractivity contribution >= 4 is 11.8 Å². The summed E-state index contributed by atoms with van der Waals surface area (Å²) < 4.78 is 1.36. The van der Waals surface area contributed by atoms with E-state index in [4.69, 9.17) is 16.3 Å². The highest BCUT2D eigenvalue weighted by molar-refractivity contribution is 5.72. The zero-order valence-electron chi connectivity index (χ0n) is 14.1. The Morgan fingerprint density at radius 2 is 1.72 bits per heavy atom. The predicted octanol–water partition coefficient (Wildman–Crippen LogP) is 1.48. The summed E-state index contributed by atoms with van der Waals surface area (Å²) in [5, 5.41) is 0. The number of hydrogen-bond acceptors (Lipinski definition) is 7. The molecular weight excluding hydrogens is 318 g/mol. The zero-order valence-corrected chi connectivity index (χ0v) is 14.1. The number of nitrogen functional groups attached to an aromatic ring is 2. The van der Waals surface area contributed by atoms with Crippen LogP contribution in [0.4, 0.5) is 11.8 Å². The molecule has 4 N–H and O–H groups in total. The molecule has 1 unspecified atom stereocenters. The smallest absolute Gasteiger partial charge is 0.238 e. The number of anilines is 2. The Kier molecular flexibility index (Phi) is 3.89. The van der Waals surface area contributed by atoms with Crippen molar-refractivity contribution in [3.05, 3.63) is 30.3 Å². The Labute approximate surface area is 145 Å². The molecule has 0 radical (unpaired) electrons. The van der Waals surface area contributed by atoms with Crippen molar-refractivity contribution in [2.45, 2.75) is 26.0 Å². The van der Waals surface area contributed by atoms with Crippen molar-refractivity contribution in [3.63, 3.8) is 0 Å². The first-order valence-electron chi connectivity index (χ1n) is 8.41. The SMILES string of the molecule is CC(On1c(N)nc2nc(-c3ccccc3)nc-2c1N)N1CCCC1. The summed E-state index contributed by atoms with van der Waals surface area (Å²) >= 11 is 0. The van der Waals surface area contributed by atoms with Gasteiger partial charge in [-0.1, -0.05) is 30.3 Å². The van der Waals surface area contributed by atoms with Gasteiger partial charge >= 0.3 is 0 Å². The Morgan fingerprint density at radius 3 is 2.44 bits per heavy atom. The Bertz CT molecular complexity index is 842. The van der Waals surface area contributed by atoms with Gasteiger partial charge in [0.25, 0.3) is 0 Å². The molecule has 3 aliphatic heterocycles. The van der Waals surface area contributed by atoms with E-state index < -0.39 is 0 Å². The second kappa shape index (κ2) is 6.21. The van der Waals surface area contributed by atoms with Gasteiger partial charge in [-0.05, 0) is 19.8 Å². The van der Waals surface area contributed by atoms with E-state index in [1.54, 1.807) is 0 Å². The maximum atomic E-state index is 6.26. The summed E-state index contributed by atoms with van der Waals surface area (Å²) in [6.45, 7) is 3.99. The van der Waals surface area contributed by atoms with Crippen LogP contribution in [-0.4, -0.2) is 43.9 Å². The normalized spacial score (nSPS) is 16.4. The minimum atomic E-state index is -0.145. The highest BCUT2D eigenvalue weighted by atomic mass is 16.7. The molecule has 0 aromatic heterocycles. The monoisotopic (exact) mass is 339 g/mol. The summed E-state index contributed by atoms with van der Waals surface area (Å²) in [6, 6.07) is 9.69. The van der Waals surface area contributed by atoms with E-state index in [1.807, 2.05) is 37.3 Å². The summed E-state index contributed by atoms with van der Waals surface area (Å²) in [4.78, 5) is 21.5. The second-order valence-electron chi connectivity index (χ2n) is 6.18. The average Bonchev–Trinajstić information content (AvgIpc) is 3.29. The van der Waals surface area contributed by atoms with Gasteiger partial charge in [-0.2, -0.15) is 4.98 Å². The number of imidazole rings is 1. The fourth-order valence-corrected chi connectivity index (χ4v) is 3.11. The predicted molar refractivity (Wildman–Crippen MR) is 95.5 cm³/mol. The summed E-state index contributed by atoms with van der Waals surface area (Å²) in [5.41, 5.74) is 13.7. The highest BCUT2D eigenvalue weighted by Gasteiger charge is 2.25. The van der Waals surface area contributed by atoms with Crippen LogP contribution in [0.5, 0.6) is 0 Å². The van der Waals surface area contributed by atoms with Crippen molar-refractivity contribution in [3.8, 4) is 22.9 Å². The molecular formula is C17H21N7O. The Morgan fingerprint density at radius 1 is 1.00 bits per heavy atom. The third kappa shape index (κ3) is 2.85. The van der Waals surface area contributed by atoms with Gasteiger partial charge in [0.1, 0.15) is 0 Å². The van der Waals surface area contributed by atoms with Gasteiger partial charge in [-0.25, -0.2) is 9.97 Å². The van der Waals surface area contributed by atoms with Crippen molar-refractivity contribution in [1.82, 2.24) is 24.6 Å². The lowest BCUT2D eigenvalue weighted by Crippen LogP contribution is -2.40. The van der Waals surface area contributed by atoms with Crippen LogP contribution in [0.25, 0.3) is 22.9 Å². The van der Waals surface area contributed by atoms with Crippen molar-refractivity contribution in [1.29, 1.82) is 0 Å². The lowest BCUT2D eigenvalue weighted by Gasteiger charge is -2.26. The molecule has 0 spiro atoms. The van der Waals surface area contributed by atoms with E-state index in [2.05, 4.69) is 19.9 Å². The molecule has 0 amide bonds. The summed E-state index contributed by atoms with van der Waals surface area (Å²) in [7, 11) is 0. The van der Waals surface area contributed by atoms with Crippen LogP contribution in [0.15, 0.2) is 30.3 Å². The fourth-order valence-electron chi connectivity index (χ4n) is 3.11. The van der Waals surface area contributed by atoms with Crippen molar-refractivity contribution in [2.24, 2.45) is 0 Å². The minimum Gasteiger partial charge on any atom is -0.390 e. The van der Waals surface area contributed by atoms with Crippen LogP contribution in [0.2, 0.25) is 0 Å². The van der Waals surface area contributed by atoms with E-state index >= 15 is 0 Å². The van der Waals surface area contributed by atoms with Gasteiger partial charge in [0, 0.05) is 18.7 Å². The number of nitrogens with zero attached hydrogens (tertiary/aromatic N) is 5. The average molecular weight is 339 g/mol. The van der Waals surface area contributed by atoms with Crippen LogP contribution < -0.4 is 16.3 Å². The quantitative estimate of drug-likeness (QED) is 0.741. The number of likely N-dealkylation sites (tertiary alicyclic amines) is 1. The summed E-state index contributed by atoms with van der Waals surface area (Å²) in [6.07, 6.45) is 2.21. The lowest BCUT2D eigenvalue weighted by atomic mass is 10.2. The van der Waals surface area contributed by atoms with E-state index in [0.717, 1.165) is 18.7 Å². The molecule has 0 saturated carbocycles. The first kappa shape index (κ1) is 15.6. The molecule has 130 valence electrons. The van der Waals surface area contributed by atoms with Crippen LogP contribution in [0, 0.1) is 0 Å². The molecule has 1 saturated heterocycles. The second-order valence-corrected chi connectivity index (χ2v) is 6.18. The molecule has 1 atom stereocenters. The van der Waals surface area contributed by atoms with E-state index in [1.165, 1.54) is 17.6 Å². The first-order valence-corrected chi connectivity index (χ1v) is 8.41. The van der Waals surface area contributed by atoms with Gasteiger partial charge in [0.05, 0.1) is 0 Å². The third-order valence-electron chi connectivity index (χ3n) is 4.48. The fraction of sp³-hybridized carbons (Fsp3) is 0.353. The summed E-state index contributed by atoms with van der Waals surface area (Å²) in [5.74, 6) is 1.46. The molecule has 8 nitrogen and oxygen atoms in total. The molecule has 3 heterocycles. The van der Waals surface area contributed by atoms with Crippen molar-refractivity contribution < 1.29 is 4.84 Å². The van der Waals surface area contributed by atoms with E-state index in [9.17, 15) is 0 Å². The maximum Gasteiger partial charge on any atom is 0.238 e. The van der Waals surface area contributed by atoms with Crippen LogP contribution in [0.3, 0.4) is 0 Å². The number of rotatable bonds is 4. The van der Waals surface area contributed by atoms with Crippen molar-refractivity contribution in [2.75, 3.05) is 24.6 Å². The molecule has 8 heteroatoms. The molecule has 4 rings (SSSR count). The van der Waals surface area contributed by atoms with Crippen LogP contribution >= 0.6 is 0 Å². The first-order chi connectivity index (χ1) is 12.1. The van der Waals surface area contributed by atoms with Gasteiger partial charge in [0.2, 0.25) is 5.95 Å². The van der Waals surface area contributed by atoms with E-state index in [0.29, 0.717) is 23.2 Å². The van der Waals surface area contributed by atoms with Gasteiger partial charge < -0.3 is 16.3 Å². The molecule has 0 aliphatic carbocycles. The zero-order chi connectivity index (χ0) is 17.4. The third-order valence-corrected chi connectivity index (χ3v) is 4.48. The number of nitrogens with two attached hydrogens (primary N) is 2. The molecule has 1 fully saturated rings.